The number of nitrogens with one attached hydrogen (secondary N) is 1. The highest BCUT2D eigenvalue weighted by molar-refractivity contribution is 5.51. The summed E-state index contributed by atoms with van der Waals surface area (Å²) in [6.45, 7) is 5.53. The third kappa shape index (κ3) is 2.32. The van der Waals surface area contributed by atoms with Crippen LogP contribution in [0.3, 0.4) is 0 Å². The van der Waals surface area contributed by atoms with Crippen molar-refractivity contribution in [3.63, 3.8) is 0 Å². The Balaban J connectivity index is 2.34. The molecule has 100 valence electrons. The molecule has 0 amide bonds. The van der Waals surface area contributed by atoms with Gasteiger partial charge in [-0.05, 0) is 48.6 Å². The lowest BCUT2D eigenvalue weighted by Gasteiger charge is -2.15. The molecule has 0 saturated heterocycles. The van der Waals surface area contributed by atoms with E-state index in [2.05, 4.69) is 31.3 Å². The maximum Gasteiger partial charge on any atom is 0.161 e. The lowest BCUT2D eigenvalue weighted by atomic mass is 10.0. The van der Waals surface area contributed by atoms with Crippen LogP contribution < -0.4 is 14.8 Å². The number of hydrogen-bond acceptors (Lipinski definition) is 3. The van der Waals surface area contributed by atoms with Gasteiger partial charge in [-0.2, -0.15) is 0 Å². The van der Waals surface area contributed by atoms with E-state index in [0.29, 0.717) is 12.0 Å². The Bertz CT molecular complexity index is 417. The van der Waals surface area contributed by atoms with Crippen LogP contribution in [-0.2, 0) is 0 Å². The van der Waals surface area contributed by atoms with Crippen molar-refractivity contribution in [2.45, 2.75) is 38.6 Å². The summed E-state index contributed by atoms with van der Waals surface area (Å²) in [6.07, 6.45) is 2.32. The van der Waals surface area contributed by atoms with Crippen molar-refractivity contribution in [3.8, 4) is 11.5 Å². The summed E-state index contributed by atoms with van der Waals surface area (Å²) < 4.78 is 10.8. The average molecular weight is 249 g/mol. The molecule has 0 spiro atoms. The Morgan fingerprint density at radius 1 is 1.17 bits per heavy atom. The maximum absolute atomic E-state index is 5.40. The first-order chi connectivity index (χ1) is 8.71. The third-order valence-electron chi connectivity index (χ3n) is 3.73. The highest BCUT2D eigenvalue weighted by atomic mass is 16.5. The zero-order chi connectivity index (χ0) is 13.1. The molecule has 0 aromatic heterocycles. The van der Waals surface area contributed by atoms with Gasteiger partial charge in [-0.15, -0.1) is 0 Å². The molecule has 3 heteroatoms. The molecule has 1 aromatic carbocycles. The maximum atomic E-state index is 5.40. The van der Waals surface area contributed by atoms with E-state index in [0.717, 1.165) is 30.9 Å². The van der Waals surface area contributed by atoms with Gasteiger partial charge in [0.15, 0.2) is 11.5 Å². The number of rotatable bonds is 5. The summed E-state index contributed by atoms with van der Waals surface area (Å²) >= 11 is 0. The monoisotopic (exact) mass is 249 g/mol. The van der Waals surface area contributed by atoms with Gasteiger partial charge < -0.3 is 14.8 Å². The van der Waals surface area contributed by atoms with E-state index in [9.17, 15) is 0 Å². The van der Waals surface area contributed by atoms with E-state index in [1.807, 2.05) is 0 Å². The van der Waals surface area contributed by atoms with Crippen LogP contribution in [-0.4, -0.2) is 20.8 Å². The second-order valence-corrected chi connectivity index (χ2v) is 4.98. The van der Waals surface area contributed by atoms with E-state index in [1.165, 1.54) is 11.1 Å². The first kappa shape index (κ1) is 13.2. The van der Waals surface area contributed by atoms with Gasteiger partial charge in [-0.3, -0.25) is 0 Å². The molecule has 1 aromatic rings. The fourth-order valence-electron chi connectivity index (χ4n) is 2.76. The summed E-state index contributed by atoms with van der Waals surface area (Å²) in [7, 11) is 3.38. The topological polar surface area (TPSA) is 30.5 Å². The molecule has 0 heterocycles. The Morgan fingerprint density at radius 2 is 1.78 bits per heavy atom. The van der Waals surface area contributed by atoms with Gasteiger partial charge in [0, 0.05) is 6.04 Å². The molecule has 0 aliphatic heterocycles. The molecular weight excluding hydrogens is 226 g/mol. The van der Waals surface area contributed by atoms with Gasteiger partial charge in [-0.1, -0.05) is 13.8 Å². The van der Waals surface area contributed by atoms with Crippen molar-refractivity contribution >= 4 is 0 Å². The van der Waals surface area contributed by atoms with Crippen LogP contribution in [0.1, 0.15) is 49.8 Å². The molecule has 0 radical (unpaired) electrons. The summed E-state index contributed by atoms with van der Waals surface area (Å²) in [4.78, 5) is 0. The van der Waals surface area contributed by atoms with Gasteiger partial charge in [0.1, 0.15) is 0 Å². The minimum absolute atomic E-state index is 0.453. The molecule has 2 atom stereocenters. The highest BCUT2D eigenvalue weighted by Gasteiger charge is 2.29. The van der Waals surface area contributed by atoms with Gasteiger partial charge in [0.25, 0.3) is 0 Å². The minimum Gasteiger partial charge on any atom is -0.493 e. The van der Waals surface area contributed by atoms with Crippen LogP contribution in [0, 0.1) is 0 Å². The summed E-state index contributed by atoms with van der Waals surface area (Å²) in [5.41, 5.74) is 2.76. The normalized spacial score (nSPS) is 21.8. The van der Waals surface area contributed by atoms with Crippen LogP contribution in [0.4, 0.5) is 0 Å². The molecule has 0 saturated carbocycles. The summed E-state index contributed by atoms with van der Waals surface area (Å²) in [6, 6.07) is 4.71. The molecule has 0 fully saturated rings. The van der Waals surface area contributed by atoms with Crippen molar-refractivity contribution in [1.82, 2.24) is 5.32 Å². The smallest absolute Gasteiger partial charge is 0.161 e. The van der Waals surface area contributed by atoms with Crippen LogP contribution >= 0.6 is 0 Å². The number of fused-ring (bicyclic) bond motifs is 1. The predicted molar refractivity (Wildman–Crippen MR) is 73.6 cm³/mol. The van der Waals surface area contributed by atoms with E-state index in [4.69, 9.17) is 9.47 Å². The van der Waals surface area contributed by atoms with E-state index < -0.39 is 0 Å². The molecule has 3 nitrogen and oxygen atoms in total. The molecular formula is C15H23NO2. The standard InChI is InChI=1S/C15H23NO2/c1-5-6-16-13-7-10(2)11-8-14(17-3)15(18-4)9-12(11)13/h8-10,13,16H,5-7H2,1-4H3. The first-order valence-electron chi connectivity index (χ1n) is 6.70. The Morgan fingerprint density at radius 3 is 2.33 bits per heavy atom. The minimum atomic E-state index is 0.453. The van der Waals surface area contributed by atoms with Crippen LogP contribution in [0.5, 0.6) is 11.5 Å². The quantitative estimate of drug-likeness (QED) is 0.869. The first-order valence-corrected chi connectivity index (χ1v) is 6.70. The number of ether oxygens (including phenoxy) is 2. The van der Waals surface area contributed by atoms with Gasteiger partial charge in [0.05, 0.1) is 14.2 Å². The lowest BCUT2D eigenvalue weighted by molar-refractivity contribution is 0.354. The molecule has 2 unspecified atom stereocenters. The van der Waals surface area contributed by atoms with Crippen molar-refractivity contribution in [1.29, 1.82) is 0 Å². The largest absolute Gasteiger partial charge is 0.493 e. The lowest BCUT2D eigenvalue weighted by Crippen LogP contribution is -2.20. The summed E-state index contributed by atoms with van der Waals surface area (Å²) in [5, 5.41) is 3.61. The summed E-state index contributed by atoms with van der Waals surface area (Å²) in [5.74, 6) is 2.24. The fourth-order valence-corrected chi connectivity index (χ4v) is 2.76. The zero-order valence-corrected chi connectivity index (χ0v) is 11.7. The second-order valence-electron chi connectivity index (χ2n) is 4.98. The van der Waals surface area contributed by atoms with Crippen LogP contribution in [0.2, 0.25) is 0 Å². The number of benzene rings is 1. The van der Waals surface area contributed by atoms with Crippen molar-refractivity contribution < 1.29 is 9.47 Å². The van der Waals surface area contributed by atoms with Crippen LogP contribution in [0.15, 0.2) is 12.1 Å². The van der Waals surface area contributed by atoms with Gasteiger partial charge >= 0.3 is 0 Å². The van der Waals surface area contributed by atoms with E-state index in [-0.39, 0.29) is 0 Å². The third-order valence-corrected chi connectivity index (χ3v) is 3.73. The average Bonchev–Trinajstić information content (AvgIpc) is 2.71. The Hall–Kier alpha value is -1.22. The molecule has 2 rings (SSSR count). The van der Waals surface area contributed by atoms with E-state index >= 15 is 0 Å². The molecule has 1 N–H and O–H groups in total. The van der Waals surface area contributed by atoms with Crippen molar-refractivity contribution in [3.05, 3.63) is 23.3 Å². The zero-order valence-electron chi connectivity index (χ0n) is 11.7. The highest BCUT2D eigenvalue weighted by Crippen LogP contribution is 2.44. The van der Waals surface area contributed by atoms with Gasteiger partial charge in [-0.25, -0.2) is 0 Å². The SMILES string of the molecule is CCCNC1CC(C)c2cc(OC)c(OC)cc21. The van der Waals surface area contributed by atoms with Crippen LogP contribution in [0.25, 0.3) is 0 Å². The second kappa shape index (κ2) is 5.61. The number of hydrogen-bond donors (Lipinski definition) is 1. The Kier molecular flexibility index (Phi) is 4.12. The fraction of sp³-hybridized carbons (Fsp3) is 0.600. The van der Waals surface area contributed by atoms with Gasteiger partial charge in [0.2, 0.25) is 0 Å². The van der Waals surface area contributed by atoms with Crippen molar-refractivity contribution in [2.24, 2.45) is 0 Å². The molecule has 18 heavy (non-hydrogen) atoms. The van der Waals surface area contributed by atoms with Crippen molar-refractivity contribution in [2.75, 3.05) is 20.8 Å². The molecule has 1 aliphatic rings. The predicted octanol–water partition coefficient (Wildman–Crippen LogP) is 3.25. The molecule has 1 aliphatic carbocycles. The Labute approximate surface area is 109 Å². The molecule has 0 bridgehead atoms. The van der Waals surface area contributed by atoms with E-state index in [1.54, 1.807) is 14.2 Å². The number of methoxy groups -OCH3 is 2.